The van der Waals surface area contributed by atoms with Crippen molar-refractivity contribution in [2.75, 3.05) is 20.0 Å². The SMILES string of the molecule is CC.COc1ccc(COC[C@@H]2CCc3nc(-c4ccc(F)cc4)c(-c4ccnc(SC)c4)n32)cc1. The number of hydrogen-bond donors (Lipinski definition) is 0. The van der Waals surface area contributed by atoms with E-state index in [0.29, 0.717) is 13.2 Å². The van der Waals surface area contributed by atoms with Crippen molar-refractivity contribution in [3.63, 3.8) is 0 Å². The summed E-state index contributed by atoms with van der Waals surface area (Å²) in [5.74, 6) is 1.62. The largest absolute Gasteiger partial charge is 0.497 e. The van der Waals surface area contributed by atoms with Crippen LogP contribution >= 0.6 is 11.8 Å². The van der Waals surface area contributed by atoms with Crippen LogP contribution in [-0.2, 0) is 17.8 Å². The summed E-state index contributed by atoms with van der Waals surface area (Å²) >= 11 is 1.61. The first-order valence-electron chi connectivity index (χ1n) is 12.2. The van der Waals surface area contributed by atoms with Crippen molar-refractivity contribution in [1.82, 2.24) is 14.5 Å². The van der Waals surface area contributed by atoms with Crippen LogP contribution in [0.5, 0.6) is 5.75 Å². The molecule has 0 N–H and O–H groups in total. The average molecular weight is 506 g/mol. The molecule has 0 aliphatic carbocycles. The van der Waals surface area contributed by atoms with E-state index in [1.165, 1.54) is 12.1 Å². The number of fused-ring (bicyclic) bond motifs is 1. The van der Waals surface area contributed by atoms with Crippen molar-refractivity contribution in [1.29, 1.82) is 0 Å². The lowest BCUT2D eigenvalue weighted by atomic mass is 10.0. The zero-order valence-electron chi connectivity index (χ0n) is 21.2. The molecule has 1 aliphatic heterocycles. The Kier molecular flexibility index (Phi) is 8.78. The summed E-state index contributed by atoms with van der Waals surface area (Å²) in [6, 6.07) is 18.8. The fraction of sp³-hybridized carbons (Fsp3) is 0.310. The van der Waals surface area contributed by atoms with Gasteiger partial charge < -0.3 is 14.0 Å². The molecule has 0 amide bonds. The number of rotatable bonds is 8. The molecule has 3 heterocycles. The van der Waals surface area contributed by atoms with Crippen LogP contribution in [-0.4, -0.2) is 34.5 Å². The van der Waals surface area contributed by atoms with Gasteiger partial charge in [0.05, 0.1) is 42.8 Å². The molecular weight excluding hydrogens is 473 g/mol. The summed E-state index contributed by atoms with van der Waals surface area (Å²) in [7, 11) is 1.66. The van der Waals surface area contributed by atoms with E-state index in [1.807, 2.05) is 56.6 Å². The first-order chi connectivity index (χ1) is 17.7. The number of thioether (sulfide) groups is 1. The van der Waals surface area contributed by atoms with Gasteiger partial charge in [-0.05, 0) is 66.8 Å². The van der Waals surface area contributed by atoms with E-state index in [-0.39, 0.29) is 11.9 Å². The van der Waals surface area contributed by atoms with Crippen molar-refractivity contribution in [2.24, 2.45) is 0 Å². The average Bonchev–Trinajstić information content (AvgIpc) is 3.50. The Morgan fingerprint density at radius 2 is 1.78 bits per heavy atom. The van der Waals surface area contributed by atoms with Crippen molar-refractivity contribution in [3.8, 4) is 28.3 Å². The Hall–Kier alpha value is -3.16. The minimum atomic E-state index is -0.254. The number of halogens is 1. The zero-order valence-corrected chi connectivity index (χ0v) is 22.0. The molecule has 0 saturated heterocycles. The van der Waals surface area contributed by atoms with E-state index < -0.39 is 0 Å². The Morgan fingerprint density at radius 3 is 2.47 bits per heavy atom. The number of nitrogens with zero attached hydrogens (tertiary/aromatic N) is 3. The van der Waals surface area contributed by atoms with Crippen LogP contribution in [0.1, 0.15) is 37.7 Å². The fourth-order valence-electron chi connectivity index (χ4n) is 4.42. The van der Waals surface area contributed by atoms with E-state index in [1.54, 1.807) is 31.0 Å². The highest BCUT2D eigenvalue weighted by molar-refractivity contribution is 7.98. The van der Waals surface area contributed by atoms with Crippen molar-refractivity contribution < 1.29 is 13.9 Å². The monoisotopic (exact) mass is 505 g/mol. The molecule has 5 nitrogen and oxygen atoms in total. The third kappa shape index (κ3) is 5.63. The molecule has 4 aromatic rings. The topological polar surface area (TPSA) is 49.2 Å². The van der Waals surface area contributed by atoms with Crippen LogP contribution < -0.4 is 4.74 Å². The summed E-state index contributed by atoms with van der Waals surface area (Å²) in [6.07, 6.45) is 5.71. The molecule has 0 radical (unpaired) electrons. The summed E-state index contributed by atoms with van der Waals surface area (Å²) < 4.78 is 27.3. The lowest BCUT2D eigenvalue weighted by Gasteiger charge is -2.18. The van der Waals surface area contributed by atoms with Gasteiger partial charge in [-0.25, -0.2) is 14.4 Å². The van der Waals surface area contributed by atoms with Gasteiger partial charge in [-0.3, -0.25) is 0 Å². The number of aromatic nitrogens is 3. The first kappa shape index (κ1) is 25.9. The molecule has 2 aromatic carbocycles. The third-order valence-corrected chi connectivity index (χ3v) is 6.77. The van der Waals surface area contributed by atoms with Crippen molar-refractivity contribution in [3.05, 3.63) is 84.1 Å². The van der Waals surface area contributed by atoms with Gasteiger partial charge >= 0.3 is 0 Å². The first-order valence-corrected chi connectivity index (χ1v) is 13.5. The van der Waals surface area contributed by atoms with Crippen LogP contribution in [0, 0.1) is 5.82 Å². The maximum atomic E-state index is 13.6. The highest BCUT2D eigenvalue weighted by Gasteiger charge is 2.30. The molecule has 1 aliphatic rings. The molecule has 0 bridgehead atoms. The van der Waals surface area contributed by atoms with Crippen LogP contribution in [0.3, 0.4) is 0 Å². The second kappa shape index (κ2) is 12.2. The molecule has 2 aromatic heterocycles. The molecule has 5 rings (SSSR count). The molecule has 1 atom stereocenters. The number of imidazole rings is 1. The molecule has 7 heteroatoms. The highest BCUT2D eigenvalue weighted by atomic mass is 32.2. The number of benzene rings is 2. The number of ether oxygens (including phenoxy) is 2. The minimum absolute atomic E-state index is 0.177. The maximum absolute atomic E-state index is 13.6. The van der Waals surface area contributed by atoms with E-state index >= 15 is 0 Å². The summed E-state index contributed by atoms with van der Waals surface area (Å²) in [6.45, 7) is 5.13. The second-order valence-corrected chi connectivity index (χ2v) is 9.07. The third-order valence-electron chi connectivity index (χ3n) is 6.12. The maximum Gasteiger partial charge on any atom is 0.123 e. The van der Waals surface area contributed by atoms with E-state index in [0.717, 1.165) is 57.5 Å². The van der Waals surface area contributed by atoms with Crippen LogP contribution in [0.4, 0.5) is 4.39 Å². The van der Waals surface area contributed by atoms with Gasteiger partial charge in [-0.2, -0.15) is 0 Å². The normalized spacial score (nSPS) is 14.2. The fourth-order valence-corrected chi connectivity index (χ4v) is 4.83. The molecule has 0 spiro atoms. The van der Waals surface area contributed by atoms with E-state index in [2.05, 4.69) is 15.6 Å². The van der Waals surface area contributed by atoms with Gasteiger partial charge in [-0.15, -0.1) is 11.8 Å². The number of aryl methyl sites for hydroxylation is 1. The molecule has 36 heavy (non-hydrogen) atoms. The van der Waals surface area contributed by atoms with E-state index in [4.69, 9.17) is 14.5 Å². The summed E-state index contributed by atoms with van der Waals surface area (Å²) in [5.41, 5.74) is 4.97. The van der Waals surface area contributed by atoms with Gasteiger partial charge in [0.2, 0.25) is 0 Å². The van der Waals surface area contributed by atoms with Gasteiger partial charge in [0.15, 0.2) is 0 Å². The molecule has 0 fully saturated rings. The van der Waals surface area contributed by atoms with E-state index in [9.17, 15) is 4.39 Å². The number of pyridine rings is 1. The van der Waals surface area contributed by atoms with Crippen LogP contribution in [0.25, 0.3) is 22.5 Å². The summed E-state index contributed by atoms with van der Waals surface area (Å²) in [4.78, 5) is 9.44. The Labute approximate surface area is 216 Å². The van der Waals surface area contributed by atoms with Crippen LogP contribution in [0.15, 0.2) is 71.9 Å². The predicted octanol–water partition coefficient (Wildman–Crippen LogP) is 7.21. The standard InChI is InChI=1S/C27H26FN3O2S.C2H6/c1-32-23-10-3-18(4-11-23)16-33-17-22-9-12-24-30-26(19-5-7-21(28)8-6-19)27(31(22)24)20-13-14-29-25(15-20)34-2;1-2/h3-8,10-11,13-15,22H,9,12,16-17H2,1-2H3;1-2H3/t22-;/m0./s1. The second-order valence-electron chi connectivity index (χ2n) is 8.24. The highest BCUT2D eigenvalue weighted by Crippen LogP contribution is 2.40. The molecular formula is C29H32FN3O2S. The molecule has 188 valence electrons. The van der Waals surface area contributed by atoms with Gasteiger partial charge in [0.25, 0.3) is 0 Å². The predicted molar refractivity (Wildman–Crippen MR) is 144 cm³/mol. The van der Waals surface area contributed by atoms with Gasteiger partial charge in [0.1, 0.15) is 17.4 Å². The Morgan fingerprint density at radius 1 is 1.03 bits per heavy atom. The van der Waals surface area contributed by atoms with Gasteiger partial charge in [0, 0.05) is 23.7 Å². The smallest absolute Gasteiger partial charge is 0.123 e. The Balaban J connectivity index is 0.00000148. The lowest BCUT2D eigenvalue weighted by molar-refractivity contribution is 0.0925. The van der Waals surface area contributed by atoms with Gasteiger partial charge in [-0.1, -0.05) is 26.0 Å². The zero-order chi connectivity index (χ0) is 25.5. The molecule has 0 saturated carbocycles. The van der Waals surface area contributed by atoms with Crippen LogP contribution in [0.2, 0.25) is 0 Å². The van der Waals surface area contributed by atoms with Crippen molar-refractivity contribution in [2.45, 2.75) is 44.4 Å². The lowest BCUT2D eigenvalue weighted by Crippen LogP contribution is -2.13. The summed E-state index contributed by atoms with van der Waals surface area (Å²) in [5, 5.41) is 0.948. The quantitative estimate of drug-likeness (QED) is 0.237. The number of hydrogen-bond acceptors (Lipinski definition) is 5. The number of methoxy groups -OCH3 is 1. The minimum Gasteiger partial charge on any atom is -0.497 e. The Bertz CT molecular complexity index is 1270. The van der Waals surface area contributed by atoms with Crippen molar-refractivity contribution >= 4 is 11.8 Å². The molecule has 0 unspecified atom stereocenters.